The van der Waals surface area contributed by atoms with Gasteiger partial charge in [0.05, 0.1) is 0 Å². The molecule has 1 aromatic carbocycles. The molecule has 1 aromatic rings. The molecule has 1 aliphatic carbocycles. The Labute approximate surface area is 85.5 Å². The third-order valence-electron chi connectivity index (χ3n) is 2.60. The summed E-state index contributed by atoms with van der Waals surface area (Å²) in [6.45, 7) is 0. The summed E-state index contributed by atoms with van der Waals surface area (Å²) in [5.74, 6) is -0.0814. The molecule has 0 saturated carbocycles. The second-order valence-electron chi connectivity index (χ2n) is 3.34. The quantitative estimate of drug-likeness (QED) is 0.800. The SMILES string of the molecule is CNC1CCc2c(F)cc(Br)cc21. The molecule has 0 aromatic heterocycles. The van der Waals surface area contributed by atoms with E-state index in [2.05, 4.69) is 21.2 Å². The van der Waals surface area contributed by atoms with Gasteiger partial charge in [-0.25, -0.2) is 4.39 Å². The van der Waals surface area contributed by atoms with Crippen LogP contribution < -0.4 is 5.32 Å². The van der Waals surface area contributed by atoms with Crippen molar-refractivity contribution < 1.29 is 4.39 Å². The maximum Gasteiger partial charge on any atom is 0.127 e. The monoisotopic (exact) mass is 243 g/mol. The van der Waals surface area contributed by atoms with Gasteiger partial charge in [-0.2, -0.15) is 0 Å². The Hall–Kier alpha value is -0.410. The molecule has 0 fully saturated rings. The summed E-state index contributed by atoms with van der Waals surface area (Å²) < 4.78 is 14.2. The molecule has 0 radical (unpaired) electrons. The van der Waals surface area contributed by atoms with Gasteiger partial charge in [-0.3, -0.25) is 0 Å². The smallest absolute Gasteiger partial charge is 0.127 e. The van der Waals surface area contributed by atoms with Crippen molar-refractivity contribution in [2.24, 2.45) is 0 Å². The Bertz CT molecular complexity index is 338. The molecule has 1 atom stereocenters. The molecule has 0 aliphatic heterocycles. The molecule has 0 bridgehead atoms. The van der Waals surface area contributed by atoms with Crippen LogP contribution in [0.3, 0.4) is 0 Å². The van der Waals surface area contributed by atoms with Crippen molar-refractivity contribution in [3.05, 3.63) is 33.5 Å². The standard InChI is InChI=1S/C10H11BrFN/c1-13-10-3-2-7-8(10)4-6(11)5-9(7)12/h4-5,10,13H,2-3H2,1H3. The van der Waals surface area contributed by atoms with Crippen LogP contribution in [0.25, 0.3) is 0 Å². The lowest BCUT2D eigenvalue weighted by molar-refractivity contribution is 0.589. The van der Waals surface area contributed by atoms with Crippen LogP contribution in [0.4, 0.5) is 4.39 Å². The Balaban J connectivity index is 2.51. The summed E-state index contributed by atoms with van der Waals surface area (Å²) in [7, 11) is 1.92. The van der Waals surface area contributed by atoms with Gasteiger partial charge in [0.15, 0.2) is 0 Å². The predicted molar refractivity (Wildman–Crippen MR) is 54.2 cm³/mol. The minimum atomic E-state index is -0.0814. The molecule has 0 amide bonds. The van der Waals surface area contributed by atoms with Gasteiger partial charge in [0.25, 0.3) is 0 Å². The normalized spacial score (nSPS) is 20.4. The number of nitrogens with one attached hydrogen (secondary N) is 1. The molecule has 13 heavy (non-hydrogen) atoms. The number of benzene rings is 1. The van der Waals surface area contributed by atoms with Gasteiger partial charge in [0.2, 0.25) is 0 Å². The first-order chi connectivity index (χ1) is 6.22. The number of hydrogen-bond donors (Lipinski definition) is 1. The highest BCUT2D eigenvalue weighted by molar-refractivity contribution is 9.10. The average molecular weight is 244 g/mol. The summed E-state index contributed by atoms with van der Waals surface area (Å²) in [6, 6.07) is 3.87. The highest BCUT2D eigenvalue weighted by atomic mass is 79.9. The molecule has 70 valence electrons. The molecule has 2 rings (SSSR count). The summed E-state index contributed by atoms with van der Waals surface area (Å²) >= 11 is 3.30. The summed E-state index contributed by atoms with van der Waals surface area (Å²) in [5.41, 5.74) is 1.98. The second-order valence-corrected chi connectivity index (χ2v) is 4.25. The van der Waals surface area contributed by atoms with Gasteiger partial charge >= 0.3 is 0 Å². The minimum Gasteiger partial charge on any atom is -0.313 e. The van der Waals surface area contributed by atoms with Crippen LogP contribution in [0.15, 0.2) is 16.6 Å². The van der Waals surface area contributed by atoms with E-state index in [1.165, 1.54) is 6.07 Å². The fraction of sp³-hybridized carbons (Fsp3) is 0.400. The zero-order valence-corrected chi connectivity index (χ0v) is 8.99. The van der Waals surface area contributed by atoms with Crippen molar-refractivity contribution in [1.82, 2.24) is 5.32 Å². The van der Waals surface area contributed by atoms with Gasteiger partial charge in [0.1, 0.15) is 5.82 Å². The largest absolute Gasteiger partial charge is 0.313 e. The van der Waals surface area contributed by atoms with Crippen LogP contribution in [-0.4, -0.2) is 7.05 Å². The fourth-order valence-corrected chi connectivity index (χ4v) is 2.39. The third kappa shape index (κ3) is 1.51. The van der Waals surface area contributed by atoms with Crippen LogP contribution in [0.5, 0.6) is 0 Å². The number of halogens is 2. The van der Waals surface area contributed by atoms with Gasteiger partial charge in [-0.1, -0.05) is 15.9 Å². The van der Waals surface area contributed by atoms with Crippen LogP contribution in [0.2, 0.25) is 0 Å². The Kier molecular flexibility index (Phi) is 2.39. The first-order valence-corrected chi connectivity index (χ1v) is 5.16. The molecule has 0 saturated heterocycles. The Morgan fingerprint density at radius 1 is 1.54 bits per heavy atom. The lowest BCUT2D eigenvalue weighted by Crippen LogP contribution is -2.12. The predicted octanol–water partition coefficient (Wildman–Crippen LogP) is 2.79. The van der Waals surface area contributed by atoms with Crippen LogP contribution in [0.1, 0.15) is 23.6 Å². The van der Waals surface area contributed by atoms with Gasteiger partial charge in [-0.05, 0) is 43.1 Å². The van der Waals surface area contributed by atoms with Crippen molar-refractivity contribution in [2.45, 2.75) is 18.9 Å². The van der Waals surface area contributed by atoms with Gasteiger partial charge in [-0.15, -0.1) is 0 Å². The van der Waals surface area contributed by atoms with E-state index in [1.54, 1.807) is 0 Å². The van der Waals surface area contributed by atoms with E-state index < -0.39 is 0 Å². The van der Waals surface area contributed by atoms with E-state index in [9.17, 15) is 4.39 Å². The minimum absolute atomic E-state index is 0.0814. The van der Waals surface area contributed by atoms with E-state index in [1.807, 2.05) is 13.1 Å². The van der Waals surface area contributed by atoms with Crippen LogP contribution >= 0.6 is 15.9 Å². The average Bonchev–Trinajstić information content (AvgIpc) is 2.47. The van der Waals surface area contributed by atoms with E-state index in [4.69, 9.17) is 0 Å². The lowest BCUT2D eigenvalue weighted by Gasteiger charge is -2.10. The molecule has 1 nitrogen and oxygen atoms in total. The molecule has 0 heterocycles. The number of hydrogen-bond acceptors (Lipinski definition) is 1. The van der Waals surface area contributed by atoms with E-state index >= 15 is 0 Å². The van der Waals surface area contributed by atoms with Crippen molar-refractivity contribution in [1.29, 1.82) is 0 Å². The molecule has 0 spiro atoms. The molecule has 1 aliphatic rings. The maximum atomic E-state index is 13.4. The summed E-state index contributed by atoms with van der Waals surface area (Å²) in [4.78, 5) is 0. The second kappa shape index (κ2) is 3.39. The van der Waals surface area contributed by atoms with Crippen molar-refractivity contribution in [3.8, 4) is 0 Å². The maximum absolute atomic E-state index is 13.4. The van der Waals surface area contributed by atoms with Crippen LogP contribution in [0, 0.1) is 5.82 Å². The van der Waals surface area contributed by atoms with Crippen molar-refractivity contribution >= 4 is 15.9 Å². The fourth-order valence-electron chi connectivity index (χ4n) is 1.94. The highest BCUT2D eigenvalue weighted by Gasteiger charge is 2.23. The van der Waals surface area contributed by atoms with Gasteiger partial charge < -0.3 is 5.32 Å². The van der Waals surface area contributed by atoms with E-state index in [-0.39, 0.29) is 5.82 Å². The van der Waals surface area contributed by atoms with Crippen molar-refractivity contribution in [2.75, 3.05) is 7.05 Å². The lowest BCUT2D eigenvalue weighted by atomic mass is 10.1. The zero-order valence-electron chi connectivity index (χ0n) is 7.40. The molecule has 1 unspecified atom stereocenters. The van der Waals surface area contributed by atoms with Crippen LogP contribution in [-0.2, 0) is 6.42 Å². The van der Waals surface area contributed by atoms with E-state index in [0.29, 0.717) is 6.04 Å². The summed E-state index contributed by atoms with van der Waals surface area (Å²) in [6.07, 6.45) is 1.85. The topological polar surface area (TPSA) is 12.0 Å². The summed E-state index contributed by atoms with van der Waals surface area (Å²) in [5, 5.41) is 3.19. The van der Waals surface area contributed by atoms with Crippen molar-refractivity contribution in [3.63, 3.8) is 0 Å². The Morgan fingerprint density at radius 3 is 3.00 bits per heavy atom. The number of rotatable bonds is 1. The third-order valence-corrected chi connectivity index (χ3v) is 3.06. The van der Waals surface area contributed by atoms with Gasteiger partial charge in [0, 0.05) is 10.5 Å². The molecule has 3 heteroatoms. The van der Waals surface area contributed by atoms with E-state index in [0.717, 1.165) is 28.4 Å². The zero-order chi connectivity index (χ0) is 9.42. The molecular formula is C10H11BrFN. The molecule has 1 N–H and O–H groups in total. The first kappa shape index (κ1) is 9.16. The molecular weight excluding hydrogens is 233 g/mol. The highest BCUT2D eigenvalue weighted by Crippen LogP contribution is 2.34. The Morgan fingerprint density at radius 2 is 2.31 bits per heavy atom. The first-order valence-electron chi connectivity index (χ1n) is 4.37. The number of fused-ring (bicyclic) bond motifs is 1.